The lowest BCUT2D eigenvalue weighted by Crippen LogP contribution is -2.55. The van der Waals surface area contributed by atoms with Crippen LogP contribution in [0.1, 0.15) is 36.5 Å². The van der Waals surface area contributed by atoms with Crippen LogP contribution in [0.4, 0.5) is 0 Å². The molecule has 0 aliphatic carbocycles. The minimum absolute atomic E-state index is 0.0115. The fourth-order valence-electron chi connectivity index (χ4n) is 4.25. The van der Waals surface area contributed by atoms with E-state index >= 15 is 0 Å². The van der Waals surface area contributed by atoms with Gasteiger partial charge in [0.15, 0.2) is 10.7 Å². The molecule has 9 heteroatoms. The van der Waals surface area contributed by atoms with Crippen molar-refractivity contribution in [3.8, 4) is 0 Å². The fourth-order valence-corrected chi connectivity index (χ4v) is 4.98. The number of nitrogens with zero attached hydrogens (tertiary/aromatic N) is 6. The molecule has 0 aromatic carbocycles. The van der Waals surface area contributed by atoms with Gasteiger partial charge in [0.2, 0.25) is 5.91 Å². The van der Waals surface area contributed by atoms with Gasteiger partial charge >= 0.3 is 0 Å². The summed E-state index contributed by atoms with van der Waals surface area (Å²) in [6.45, 7) is 10.2. The molecule has 2 aliphatic heterocycles. The van der Waals surface area contributed by atoms with E-state index in [1.165, 1.54) is 11.3 Å². The molecule has 29 heavy (non-hydrogen) atoms. The summed E-state index contributed by atoms with van der Waals surface area (Å²) in [6.07, 6.45) is 2.95. The minimum atomic E-state index is -0.192. The van der Waals surface area contributed by atoms with E-state index in [-0.39, 0.29) is 17.9 Å². The molecule has 0 unspecified atom stereocenters. The molecule has 2 saturated heterocycles. The Balaban J connectivity index is 1.60. The molecule has 8 nitrogen and oxygen atoms in total. The number of fused-ring (bicyclic) bond motifs is 1. The van der Waals surface area contributed by atoms with Crippen molar-refractivity contribution in [1.82, 2.24) is 29.0 Å². The molecule has 1 atom stereocenters. The van der Waals surface area contributed by atoms with Crippen LogP contribution in [0.3, 0.4) is 0 Å². The number of thiazole rings is 1. The maximum atomic E-state index is 13.4. The molecule has 0 bridgehead atoms. The molecular formula is C20H30N6O2S. The molecule has 2 amide bonds. The zero-order valence-electron chi connectivity index (χ0n) is 17.5. The number of amides is 2. The Morgan fingerprint density at radius 2 is 2.03 bits per heavy atom. The summed E-state index contributed by atoms with van der Waals surface area (Å²) in [5.74, 6) is 0.172. The molecule has 0 N–H and O–H groups in total. The zero-order valence-corrected chi connectivity index (χ0v) is 18.3. The number of imidazole rings is 1. The summed E-state index contributed by atoms with van der Waals surface area (Å²) in [5, 5.41) is 1.99. The monoisotopic (exact) mass is 418 g/mol. The maximum Gasteiger partial charge on any atom is 0.274 e. The smallest absolute Gasteiger partial charge is 0.274 e. The van der Waals surface area contributed by atoms with Crippen molar-refractivity contribution in [3.63, 3.8) is 0 Å². The van der Waals surface area contributed by atoms with Crippen molar-refractivity contribution < 1.29 is 9.59 Å². The number of likely N-dealkylation sites (N-methyl/N-ethyl adjacent to an activating group) is 2. The zero-order chi connectivity index (χ0) is 20.5. The molecule has 158 valence electrons. The summed E-state index contributed by atoms with van der Waals surface area (Å²) < 4.78 is 2.02. The second kappa shape index (κ2) is 8.41. The molecule has 2 aliphatic rings. The summed E-state index contributed by atoms with van der Waals surface area (Å²) in [4.78, 5) is 39.8. The molecule has 2 aromatic rings. The molecule has 4 rings (SSSR count). The van der Waals surface area contributed by atoms with Gasteiger partial charge in [-0.25, -0.2) is 4.98 Å². The number of carbonyl (C=O) groups is 2. The van der Waals surface area contributed by atoms with Gasteiger partial charge in [-0.1, -0.05) is 0 Å². The lowest BCUT2D eigenvalue weighted by Gasteiger charge is -2.38. The second-order valence-corrected chi connectivity index (χ2v) is 8.85. The van der Waals surface area contributed by atoms with E-state index in [1.807, 2.05) is 39.6 Å². The lowest BCUT2D eigenvalue weighted by molar-refractivity contribution is -0.141. The van der Waals surface area contributed by atoms with Crippen LogP contribution in [-0.2, 0) is 11.3 Å². The van der Waals surface area contributed by atoms with Crippen LogP contribution in [-0.4, -0.2) is 99.7 Å². The second-order valence-electron chi connectivity index (χ2n) is 7.98. The Hall–Kier alpha value is -1.97. The summed E-state index contributed by atoms with van der Waals surface area (Å²) in [6, 6.07) is -0.192. The number of hydrogen-bond acceptors (Lipinski definition) is 6. The lowest BCUT2D eigenvalue weighted by atomic mass is 10.1. The van der Waals surface area contributed by atoms with Crippen LogP contribution in [0.25, 0.3) is 4.96 Å². The van der Waals surface area contributed by atoms with E-state index in [0.29, 0.717) is 12.2 Å². The first-order valence-corrected chi connectivity index (χ1v) is 11.3. The van der Waals surface area contributed by atoms with Gasteiger partial charge in [0.05, 0.1) is 11.7 Å². The average molecular weight is 419 g/mol. The van der Waals surface area contributed by atoms with Crippen LogP contribution in [0.2, 0.25) is 0 Å². The molecule has 2 fully saturated rings. The Labute approximate surface area is 175 Å². The van der Waals surface area contributed by atoms with Crippen LogP contribution < -0.4 is 0 Å². The van der Waals surface area contributed by atoms with Crippen molar-refractivity contribution in [1.29, 1.82) is 0 Å². The predicted octanol–water partition coefficient (Wildman–Crippen LogP) is 1.23. The van der Waals surface area contributed by atoms with Crippen molar-refractivity contribution in [3.05, 3.63) is 23.0 Å². The quantitative estimate of drug-likeness (QED) is 0.747. The van der Waals surface area contributed by atoms with Gasteiger partial charge in [-0.15, -0.1) is 11.3 Å². The first kappa shape index (κ1) is 20.3. The third-order valence-corrected chi connectivity index (χ3v) is 6.94. The van der Waals surface area contributed by atoms with E-state index in [0.717, 1.165) is 62.9 Å². The van der Waals surface area contributed by atoms with Gasteiger partial charge in [-0.05, 0) is 33.9 Å². The van der Waals surface area contributed by atoms with Crippen LogP contribution in [0, 0.1) is 0 Å². The third kappa shape index (κ3) is 3.91. The highest BCUT2D eigenvalue weighted by molar-refractivity contribution is 7.15. The van der Waals surface area contributed by atoms with E-state index in [1.54, 1.807) is 0 Å². The van der Waals surface area contributed by atoms with Gasteiger partial charge in [-0.3, -0.25) is 18.9 Å². The topological polar surface area (TPSA) is 64.4 Å². The number of rotatable bonds is 4. The van der Waals surface area contributed by atoms with Gasteiger partial charge in [0, 0.05) is 57.4 Å². The summed E-state index contributed by atoms with van der Waals surface area (Å²) in [7, 11) is 2.10. The van der Waals surface area contributed by atoms with E-state index in [4.69, 9.17) is 4.98 Å². The number of carbonyl (C=O) groups excluding carboxylic acids is 2. The van der Waals surface area contributed by atoms with Crippen LogP contribution in [0.5, 0.6) is 0 Å². The Bertz CT molecular complexity index is 893. The highest BCUT2D eigenvalue weighted by atomic mass is 32.1. The Morgan fingerprint density at radius 3 is 2.83 bits per heavy atom. The Morgan fingerprint density at radius 1 is 1.21 bits per heavy atom. The third-order valence-electron chi connectivity index (χ3n) is 6.18. The molecule has 0 spiro atoms. The highest BCUT2D eigenvalue weighted by Crippen LogP contribution is 2.23. The summed E-state index contributed by atoms with van der Waals surface area (Å²) in [5.41, 5.74) is 1.44. The van der Waals surface area contributed by atoms with Gasteiger partial charge < -0.3 is 14.7 Å². The van der Waals surface area contributed by atoms with Gasteiger partial charge in [-0.2, -0.15) is 0 Å². The van der Waals surface area contributed by atoms with Crippen molar-refractivity contribution in [2.24, 2.45) is 0 Å². The standard InChI is InChI=1S/C20H30N6O2S/c1-4-23-10-11-25(15(2)18(23)27)14-16-17(21-20-26(16)12-13-29-20)19(28)24-7-5-6-22(3)8-9-24/h12-13,15H,4-11,14H2,1-3H3/t15-/m0/s1. The molecule has 0 saturated carbocycles. The number of piperazine rings is 1. The first-order chi connectivity index (χ1) is 14.0. The van der Waals surface area contributed by atoms with E-state index < -0.39 is 0 Å². The highest BCUT2D eigenvalue weighted by Gasteiger charge is 2.33. The molecule has 4 heterocycles. The van der Waals surface area contributed by atoms with Crippen LogP contribution >= 0.6 is 11.3 Å². The Kier molecular flexibility index (Phi) is 5.89. The maximum absolute atomic E-state index is 13.4. The number of hydrogen-bond donors (Lipinski definition) is 0. The largest absolute Gasteiger partial charge is 0.340 e. The van der Waals surface area contributed by atoms with Crippen LogP contribution in [0.15, 0.2) is 11.6 Å². The molecular weight excluding hydrogens is 388 g/mol. The molecule has 0 radical (unpaired) electrons. The van der Waals surface area contributed by atoms with Gasteiger partial charge in [0.25, 0.3) is 5.91 Å². The average Bonchev–Trinajstić information content (AvgIpc) is 3.22. The fraction of sp³-hybridized carbons (Fsp3) is 0.650. The van der Waals surface area contributed by atoms with Crippen molar-refractivity contribution in [2.75, 3.05) is 52.9 Å². The van der Waals surface area contributed by atoms with E-state index in [9.17, 15) is 9.59 Å². The van der Waals surface area contributed by atoms with Crippen molar-refractivity contribution >= 4 is 28.1 Å². The van der Waals surface area contributed by atoms with Gasteiger partial charge in [0.1, 0.15) is 0 Å². The molecule has 2 aromatic heterocycles. The summed E-state index contributed by atoms with van der Waals surface area (Å²) >= 11 is 1.54. The number of aromatic nitrogens is 2. The first-order valence-electron chi connectivity index (χ1n) is 10.4. The normalized spacial score (nSPS) is 22.4. The van der Waals surface area contributed by atoms with Crippen molar-refractivity contribution in [2.45, 2.75) is 32.9 Å². The predicted molar refractivity (Wildman–Crippen MR) is 113 cm³/mol. The van der Waals surface area contributed by atoms with E-state index in [2.05, 4.69) is 16.8 Å². The SMILES string of the molecule is CCN1CCN(Cc2c(C(=O)N3CCCN(C)CC3)nc3sccn23)[C@@H](C)C1=O. The minimum Gasteiger partial charge on any atom is -0.340 e.